The number of benzene rings is 2. The van der Waals surface area contributed by atoms with Crippen LogP contribution in [0.25, 0.3) is 6.08 Å². The standard InChI is InChI=1S/C21H14BCl3F6N2S2/c22-14-5-10(1-3-12(14)19(35)32-8-17(34)33-9-20(26,27)28)2-4-13(21(29,30)31)11-6-15(23)18(25)16(24)7-11/h1-7,13H,8-9H2,(H,32,35)(H,33,34)/b4-2+. The van der Waals surface area contributed by atoms with E-state index in [9.17, 15) is 26.3 Å². The highest BCUT2D eigenvalue weighted by Gasteiger charge is 2.39. The van der Waals surface area contributed by atoms with Crippen LogP contribution in [0.1, 0.15) is 22.6 Å². The molecule has 0 aliphatic heterocycles. The van der Waals surface area contributed by atoms with Crippen LogP contribution in [0.15, 0.2) is 36.4 Å². The summed E-state index contributed by atoms with van der Waals surface area (Å²) in [5.41, 5.74) is 0.620. The fourth-order valence-corrected chi connectivity index (χ4v) is 3.80. The lowest BCUT2D eigenvalue weighted by Crippen LogP contribution is -2.40. The van der Waals surface area contributed by atoms with Crippen LogP contribution < -0.4 is 16.1 Å². The van der Waals surface area contributed by atoms with Gasteiger partial charge in [-0.1, -0.05) is 95.1 Å². The average molecular weight is 590 g/mol. The molecule has 1 unspecified atom stereocenters. The molecule has 186 valence electrons. The topological polar surface area (TPSA) is 24.1 Å². The van der Waals surface area contributed by atoms with Gasteiger partial charge in [-0.05, 0) is 23.3 Å². The summed E-state index contributed by atoms with van der Waals surface area (Å²) in [6.45, 7) is -1.44. The molecular weight excluding hydrogens is 576 g/mol. The third-order valence-electron chi connectivity index (χ3n) is 4.41. The average Bonchev–Trinajstić information content (AvgIpc) is 2.73. The molecule has 0 bridgehead atoms. The zero-order chi connectivity index (χ0) is 26.6. The summed E-state index contributed by atoms with van der Waals surface area (Å²) in [5, 5.41) is 4.45. The minimum Gasteiger partial charge on any atom is -0.369 e. The van der Waals surface area contributed by atoms with Crippen LogP contribution in [0, 0.1) is 0 Å². The quantitative estimate of drug-likeness (QED) is 0.166. The molecule has 0 aliphatic rings. The van der Waals surface area contributed by atoms with Gasteiger partial charge in [0.1, 0.15) is 19.4 Å². The Labute approximate surface area is 224 Å². The van der Waals surface area contributed by atoms with E-state index in [1.165, 1.54) is 24.3 Å². The number of thiocarbonyl (C=S) groups is 2. The highest BCUT2D eigenvalue weighted by atomic mass is 35.5. The van der Waals surface area contributed by atoms with Gasteiger partial charge in [-0.15, -0.1) is 0 Å². The van der Waals surface area contributed by atoms with E-state index in [0.717, 1.165) is 18.2 Å². The molecule has 0 saturated heterocycles. The van der Waals surface area contributed by atoms with Gasteiger partial charge in [-0.3, -0.25) is 0 Å². The van der Waals surface area contributed by atoms with Gasteiger partial charge in [0.15, 0.2) is 0 Å². The maximum absolute atomic E-state index is 13.7. The number of hydrogen-bond acceptors (Lipinski definition) is 2. The molecule has 2 N–H and O–H groups in total. The first-order chi connectivity index (χ1) is 16.1. The Morgan fingerprint density at radius 1 is 0.971 bits per heavy atom. The largest absolute Gasteiger partial charge is 0.405 e. The van der Waals surface area contributed by atoms with Gasteiger partial charge in [0.2, 0.25) is 0 Å². The predicted molar refractivity (Wildman–Crippen MR) is 137 cm³/mol. The Balaban J connectivity index is 2.15. The van der Waals surface area contributed by atoms with Gasteiger partial charge in [0.25, 0.3) is 0 Å². The summed E-state index contributed by atoms with van der Waals surface area (Å²) in [5.74, 6) is -2.02. The van der Waals surface area contributed by atoms with Crippen molar-refractivity contribution in [3.05, 3.63) is 68.2 Å². The normalized spacial score (nSPS) is 13.1. The van der Waals surface area contributed by atoms with Gasteiger partial charge in [0.05, 0.1) is 32.5 Å². The number of hydrogen-bond donors (Lipinski definition) is 2. The predicted octanol–water partition coefficient (Wildman–Crippen LogP) is 6.54. The molecular formula is C21H14BCl3F6N2S2. The van der Waals surface area contributed by atoms with Gasteiger partial charge in [-0.25, -0.2) is 0 Å². The summed E-state index contributed by atoms with van der Waals surface area (Å²) < 4.78 is 77.8. The molecule has 0 aliphatic carbocycles. The highest BCUT2D eigenvalue weighted by Crippen LogP contribution is 2.41. The Morgan fingerprint density at radius 2 is 1.57 bits per heavy atom. The molecule has 2 nitrogen and oxygen atoms in total. The Morgan fingerprint density at radius 3 is 2.09 bits per heavy atom. The molecule has 2 rings (SSSR count). The van der Waals surface area contributed by atoms with E-state index in [-0.39, 0.29) is 42.6 Å². The van der Waals surface area contributed by atoms with E-state index in [1.54, 1.807) is 0 Å². The van der Waals surface area contributed by atoms with Crippen LogP contribution in [-0.2, 0) is 0 Å². The number of rotatable bonds is 7. The molecule has 14 heteroatoms. The van der Waals surface area contributed by atoms with Crippen molar-refractivity contribution >= 4 is 88.6 Å². The minimum absolute atomic E-state index is 0.0492. The second-order valence-electron chi connectivity index (χ2n) is 7.10. The monoisotopic (exact) mass is 588 g/mol. The van der Waals surface area contributed by atoms with Crippen molar-refractivity contribution in [2.75, 3.05) is 13.1 Å². The third kappa shape index (κ3) is 9.13. The first-order valence-electron chi connectivity index (χ1n) is 9.49. The maximum Gasteiger partial charge on any atom is 0.405 e. The fraction of sp³-hybridized carbons (Fsp3) is 0.238. The molecule has 35 heavy (non-hydrogen) atoms. The summed E-state index contributed by atoms with van der Waals surface area (Å²) in [4.78, 5) is -0.00352. The second kappa shape index (κ2) is 12.1. The summed E-state index contributed by atoms with van der Waals surface area (Å²) in [6.07, 6.45) is -6.92. The van der Waals surface area contributed by atoms with Crippen molar-refractivity contribution in [3.63, 3.8) is 0 Å². The lowest BCUT2D eigenvalue weighted by atomic mass is 9.88. The SMILES string of the molecule is [B]c1cc(/C=C/C(c2cc(Cl)c(Cl)c(Cl)c2)C(F)(F)F)ccc1C(=S)NCC(=S)NCC(F)(F)F. The van der Waals surface area contributed by atoms with Crippen LogP contribution >= 0.6 is 59.2 Å². The van der Waals surface area contributed by atoms with E-state index < -0.39 is 24.8 Å². The van der Waals surface area contributed by atoms with E-state index in [1.807, 2.05) is 5.32 Å². The Hall–Kier alpha value is -1.53. The molecule has 0 heterocycles. The zero-order valence-electron chi connectivity index (χ0n) is 17.3. The number of nitrogens with one attached hydrogen (secondary N) is 2. The summed E-state index contributed by atoms with van der Waals surface area (Å²) in [6, 6.07) is 6.53. The van der Waals surface area contributed by atoms with Crippen molar-refractivity contribution in [2.45, 2.75) is 18.3 Å². The third-order valence-corrected chi connectivity index (χ3v) is 6.26. The number of halogens is 9. The lowest BCUT2D eigenvalue weighted by Gasteiger charge is -2.18. The van der Waals surface area contributed by atoms with Crippen molar-refractivity contribution in [2.24, 2.45) is 0 Å². The molecule has 1 atom stereocenters. The molecule has 0 amide bonds. The maximum atomic E-state index is 13.7. The molecule has 0 saturated carbocycles. The number of alkyl halides is 6. The number of allylic oxidation sites excluding steroid dienone is 1. The summed E-state index contributed by atoms with van der Waals surface area (Å²) in [7, 11) is 5.97. The van der Waals surface area contributed by atoms with Crippen LogP contribution in [-0.4, -0.2) is 43.3 Å². The minimum atomic E-state index is -4.65. The summed E-state index contributed by atoms with van der Waals surface area (Å²) >= 11 is 27.6. The van der Waals surface area contributed by atoms with Crippen LogP contribution in [0.5, 0.6) is 0 Å². The van der Waals surface area contributed by atoms with Gasteiger partial charge < -0.3 is 10.6 Å². The Kier molecular flexibility index (Phi) is 10.3. The van der Waals surface area contributed by atoms with Crippen molar-refractivity contribution in [1.82, 2.24) is 10.6 Å². The van der Waals surface area contributed by atoms with E-state index in [4.69, 9.17) is 67.1 Å². The van der Waals surface area contributed by atoms with E-state index in [0.29, 0.717) is 11.1 Å². The van der Waals surface area contributed by atoms with Gasteiger partial charge >= 0.3 is 12.4 Å². The lowest BCUT2D eigenvalue weighted by molar-refractivity contribution is -0.139. The first kappa shape index (κ1) is 29.7. The van der Waals surface area contributed by atoms with E-state index >= 15 is 0 Å². The van der Waals surface area contributed by atoms with Crippen molar-refractivity contribution in [1.29, 1.82) is 0 Å². The zero-order valence-corrected chi connectivity index (χ0v) is 21.2. The van der Waals surface area contributed by atoms with Crippen molar-refractivity contribution < 1.29 is 26.3 Å². The molecule has 2 aromatic carbocycles. The van der Waals surface area contributed by atoms with Crippen LogP contribution in [0.2, 0.25) is 15.1 Å². The molecule has 0 fully saturated rings. The Bertz CT molecular complexity index is 1120. The molecule has 2 aromatic rings. The molecule has 0 aromatic heterocycles. The fourth-order valence-electron chi connectivity index (χ4n) is 2.78. The first-order valence-corrected chi connectivity index (χ1v) is 11.4. The molecule has 0 spiro atoms. The second-order valence-corrected chi connectivity index (χ2v) is 9.19. The van der Waals surface area contributed by atoms with E-state index in [2.05, 4.69) is 5.32 Å². The van der Waals surface area contributed by atoms with Crippen molar-refractivity contribution in [3.8, 4) is 0 Å². The smallest absolute Gasteiger partial charge is 0.369 e. The molecule has 2 radical (unpaired) electrons. The van der Waals surface area contributed by atoms with Crippen LogP contribution in [0.4, 0.5) is 26.3 Å². The van der Waals surface area contributed by atoms with Gasteiger partial charge in [-0.2, -0.15) is 26.3 Å². The highest BCUT2D eigenvalue weighted by molar-refractivity contribution is 7.81. The van der Waals surface area contributed by atoms with Gasteiger partial charge in [0, 0.05) is 5.56 Å². The van der Waals surface area contributed by atoms with Crippen LogP contribution in [0.3, 0.4) is 0 Å².